The van der Waals surface area contributed by atoms with Crippen LogP contribution in [0.4, 0.5) is 22.7 Å². The van der Waals surface area contributed by atoms with Gasteiger partial charge in [0.25, 0.3) is 0 Å². The van der Waals surface area contributed by atoms with Crippen molar-refractivity contribution in [3.8, 4) is 40.9 Å². The molecule has 0 spiro atoms. The molecule has 0 amide bonds. The van der Waals surface area contributed by atoms with Crippen LogP contribution in [0.3, 0.4) is 0 Å². The molecule has 0 atom stereocenters. The van der Waals surface area contributed by atoms with Crippen LogP contribution in [0.2, 0.25) is 0 Å². The quantitative estimate of drug-likeness (QED) is 0.113. The smallest absolute Gasteiger partial charge is 0.163 e. The van der Waals surface area contributed by atoms with Crippen molar-refractivity contribution in [3.63, 3.8) is 0 Å². The maximum Gasteiger partial charge on any atom is 0.163 e. The van der Waals surface area contributed by atoms with Crippen molar-refractivity contribution in [1.29, 1.82) is 10.5 Å². The van der Waals surface area contributed by atoms with Crippen molar-refractivity contribution in [1.82, 2.24) is 19.8 Å². The van der Waals surface area contributed by atoms with E-state index in [9.17, 15) is 10.5 Å². The molecule has 2 N–H and O–H groups in total. The maximum absolute atomic E-state index is 9.78. The molecule has 0 unspecified atom stereocenters. The van der Waals surface area contributed by atoms with Crippen LogP contribution in [0, 0.1) is 62.2 Å². The summed E-state index contributed by atoms with van der Waals surface area (Å²) in [6, 6.07) is 22.4. The Hall–Kier alpha value is -6.80. The number of aromatic nitrogens is 2. The third kappa shape index (κ3) is 11.0. The van der Waals surface area contributed by atoms with Crippen molar-refractivity contribution in [2.75, 3.05) is 85.5 Å². The molecule has 4 aromatic carbocycles. The van der Waals surface area contributed by atoms with Crippen LogP contribution in [0.5, 0.6) is 28.7 Å². The topological polar surface area (TPSA) is 150 Å². The zero-order chi connectivity index (χ0) is 46.9. The summed E-state index contributed by atoms with van der Waals surface area (Å²) < 4.78 is 29.2. The number of hydrogen-bond acceptors (Lipinski definition) is 13. The molecule has 344 valence electrons. The first-order chi connectivity index (χ1) is 31.9. The largest absolute Gasteiger partial charge is 0.496 e. The van der Waals surface area contributed by atoms with E-state index < -0.39 is 0 Å². The molecule has 0 aliphatic carbocycles. The summed E-state index contributed by atoms with van der Waals surface area (Å²) in [7, 11) is 9.25. The first-order valence-electron chi connectivity index (χ1n) is 22.6. The van der Waals surface area contributed by atoms with E-state index in [4.69, 9.17) is 23.7 Å². The summed E-state index contributed by atoms with van der Waals surface area (Å²) >= 11 is 0. The van der Waals surface area contributed by atoms with E-state index in [-0.39, 0.29) is 0 Å². The van der Waals surface area contributed by atoms with Crippen LogP contribution in [0.25, 0.3) is 21.8 Å². The van der Waals surface area contributed by atoms with Gasteiger partial charge in [-0.15, -0.1) is 0 Å². The van der Waals surface area contributed by atoms with E-state index >= 15 is 0 Å². The Morgan fingerprint density at radius 1 is 0.561 bits per heavy atom. The number of pyridine rings is 2. The molecular weight excluding hydrogens is 829 g/mol. The molecule has 8 rings (SSSR count). The van der Waals surface area contributed by atoms with Crippen LogP contribution >= 0.6 is 0 Å². The van der Waals surface area contributed by atoms with Crippen LogP contribution in [-0.4, -0.2) is 94.6 Å². The second-order valence-electron chi connectivity index (χ2n) is 17.7. The van der Waals surface area contributed by atoms with Crippen LogP contribution < -0.4 is 34.3 Å². The Bertz CT molecular complexity index is 2770. The number of likely N-dealkylation sites (tertiary alicyclic amines) is 2. The fourth-order valence-corrected chi connectivity index (χ4v) is 8.67. The average molecular weight is 891 g/mol. The lowest BCUT2D eigenvalue weighted by atomic mass is 9.98. The number of anilines is 4. The maximum atomic E-state index is 9.78. The van der Waals surface area contributed by atoms with Gasteiger partial charge in [-0.25, -0.2) is 0 Å². The zero-order valence-corrected chi connectivity index (χ0v) is 39.8. The van der Waals surface area contributed by atoms with Gasteiger partial charge >= 0.3 is 0 Å². The molecule has 2 aliphatic heterocycles. The molecule has 13 nitrogen and oxygen atoms in total. The van der Waals surface area contributed by atoms with Gasteiger partial charge in [0.2, 0.25) is 0 Å². The normalized spacial score (nSPS) is 14.7. The number of aryl methyl sites for hydroxylation is 4. The van der Waals surface area contributed by atoms with Crippen molar-refractivity contribution in [3.05, 3.63) is 100 Å². The SMILES string of the molecule is COc1cc(Nc2c(C#N)cnc3cc(OCC4CCN(C)CC4)c(OC)cc23)c(C)cc1C.COc1cc2c(Nc3ccc(C)cc3C)c(C#N)cnc2cc1OCC1CCN(C)CC1. The highest BCUT2D eigenvalue weighted by Crippen LogP contribution is 2.40. The number of nitriles is 2. The van der Waals surface area contributed by atoms with E-state index in [1.165, 1.54) is 5.56 Å². The van der Waals surface area contributed by atoms with Gasteiger partial charge in [0, 0.05) is 52.7 Å². The Morgan fingerprint density at radius 3 is 1.45 bits per heavy atom. The van der Waals surface area contributed by atoms with E-state index in [1.807, 2.05) is 50.2 Å². The summed E-state index contributed by atoms with van der Waals surface area (Å²) in [4.78, 5) is 13.8. The number of ether oxygens (including phenoxy) is 5. The zero-order valence-electron chi connectivity index (χ0n) is 39.8. The Morgan fingerprint density at radius 2 is 1.02 bits per heavy atom. The molecule has 2 fully saturated rings. The van der Waals surface area contributed by atoms with Gasteiger partial charge in [-0.2, -0.15) is 10.5 Å². The van der Waals surface area contributed by atoms with Gasteiger partial charge < -0.3 is 44.1 Å². The van der Waals surface area contributed by atoms with Gasteiger partial charge in [-0.05, 0) is 140 Å². The first kappa shape index (κ1) is 47.2. The summed E-state index contributed by atoms with van der Waals surface area (Å²) in [6.45, 7) is 13.9. The molecule has 4 heterocycles. The molecule has 13 heteroatoms. The molecule has 0 bridgehead atoms. The van der Waals surface area contributed by atoms with E-state index in [1.54, 1.807) is 33.7 Å². The van der Waals surface area contributed by atoms with Crippen LogP contribution in [0.1, 0.15) is 59.1 Å². The lowest BCUT2D eigenvalue weighted by molar-refractivity contribution is 0.157. The van der Waals surface area contributed by atoms with Gasteiger partial charge in [-0.3, -0.25) is 9.97 Å². The Labute approximate surface area is 389 Å². The number of rotatable bonds is 13. The van der Waals surface area contributed by atoms with Gasteiger partial charge in [-0.1, -0.05) is 23.8 Å². The number of methoxy groups -OCH3 is 3. The average Bonchev–Trinajstić information content (AvgIpc) is 3.32. The molecule has 2 aromatic heterocycles. The first-order valence-corrected chi connectivity index (χ1v) is 22.6. The Balaban J connectivity index is 0.000000197. The van der Waals surface area contributed by atoms with E-state index in [2.05, 4.69) is 88.7 Å². The fourth-order valence-electron chi connectivity index (χ4n) is 8.67. The minimum Gasteiger partial charge on any atom is -0.496 e. The van der Waals surface area contributed by atoms with E-state index in [0.29, 0.717) is 64.9 Å². The number of nitrogens with one attached hydrogen (secondary N) is 2. The van der Waals surface area contributed by atoms with Crippen LogP contribution in [-0.2, 0) is 0 Å². The monoisotopic (exact) mass is 890 g/mol. The lowest BCUT2D eigenvalue weighted by Crippen LogP contribution is -2.32. The molecule has 2 aliphatic rings. The van der Waals surface area contributed by atoms with E-state index in [0.717, 1.165) is 113 Å². The summed E-state index contributed by atoms with van der Waals surface area (Å²) in [6.07, 6.45) is 7.74. The Kier molecular flexibility index (Phi) is 15.3. The predicted octanol–water partition coefficient (Wildman–Crippen LogP) is 10.4. The highest BCUT2D eigenvalue weighted by Gasteiger charge is 2.22. The molecule has 6 aromatic rings. The number of hydrogen-bond donors (Lipinski definition) is 2. The number of nitrogens with zero attached hydrogens (tertiary/aromatic N) is 6. The second-order valence-corrected chi connectivity index (χ2v) is 17.7. The summed E-state index contributed by atoms with van der Waals surface area (Å²) in [5.41, 5.74) is 10.1. The van der Waals surface area contributed by atoms with Crippen molar-refractivity contribution < 1.29 is 23.7 Å². The standard InChI is InChI=1S/C27H32N4O3.C26H30N4O2/c1-17-10-18(2)24(32-4)12-22(17)30-27-20(14-28)15-29-23-13-26(25(33-5)11-21(23)27)34-16-19-6-8-31(3)9-7-19;1-17-5-6-22(18(2)11-17)29-26-20(14-27)15-28-23-13-25(24(31-4)12-21(23)26)32-16-19-7-9-30(3)10-8-19/h10-13,15,19H,6-9,16H2,1-5H3,(H,29,30);5-6,11-13,15,19H,7-10,16H2,1-4H3,(H,28,29). The molecule has 66 heavy (non-hydrogen) atoms. The van der Waals surface area contributed by atoms with Crippen molar-refractivity contribution in [2.45, 2.75) is 53.4 Å². The molecular formula is C53H62N8O5. The highest BCUT2D eigenvalue weighted by molar-refractivity contribution is 5.99. The van der Waals surface area contributed by atoms with Crippen molar-refractivity contribution >= 4 is 44.6 Å². The second kappa shape index (κ2) is 21.5. The summed E-state index contributed by atoms with van der Waals surface area (Å²) in [5, 5.41) is 28.0. The van der Waals surface area contributed by atoms with Gasteiger partial charge in [0.15, 0.2) is 23.0 Å². The number of benzene rings is 4. The minimum absolute atomic E-state index is 0.452. The number of fused-ring (bicyclic) bond motifs is 2. The van der Waals surface area contributed by atoms with Gasteiger partial charge in [0.1, 0.15) is 17.9 Å². The van der Waals surface area contributed by atoms with Gasteiger partial charge in [0.05, 0.1) is 68.1 Å². The third-order valence-corrected chi connectivity index (χ3v) is 12.8. The minimum atomic E-state index is 0.452. The van der Waals surface area contributed by atoms with Crippen molar-refractivity contribution in [2.24, 2.45) is 11.8 Å². The highest BCUT2D eigenvalue weighted by atomic mass is 16.5. The molecule has 2 saturated heterocycles. The molecule has 0 radical (unpaired) electrons. The predicted molar refractivity (Wildman–Crippen MR) is 262 cm³/mol. The summed E-state index contributed by atoms with van der Waals surface area (Å²) in [5.74, 6) is 4.49. The third-order valence-electron chi connectivity index (χ3n) is 12.8. The number of piperidine rings is 2. The van der Waals surface area contributed by atoms with Crippen LogP contribution in [0.15, 0.2) is 67.0 Å². The fraction of sp³-hybridized carbons (Fsp3) is 0.396. The lowest BCUT2D eigenvalue weighted by Gasteiger charge is -2.28. The molecule has 0 saturated carbocycles.